The van der Waals surface area contributed by atoms with Gasteiger partial charge in [0, 0.05) is 18.7 Å². The molecule has 0 atom stereocenters. The standard InChI is InChI=1S/C15H16F2N2O/c1-15(10-18)5-7-19(8-6-15)13(20)9-11-3-2-4-12(16)14(11)17/h2-4H,5-9H2,1H3. The van der Waals surface area contributed by atoms with Crippen LogP contribution in [0.2, 0.25) is 0 Å². The van der Waals surface area contributed by atoms with Crippen molar-refractivity contribution in [3.8, 4) is 6.07 Å². The van der Waals surface area contributed by atoms with Crippen LogP contribution in [-0.2, 0) is 11.2 Å². The Labute approximate surface area is 116 Å². The number of amides is 1. The monoisotopic (exact) mass is 278 g/mol. The molecule has 1 aromatic rings. The van der Waals surface area contributed by atoms with Crippen molar-refractivity contribution in [1.29, 1.82) is 5.26 Å². The molecule has 1 aliphatic rings. The molecular weight excluding hydrogens is 262 g/mol. The lowest BCUT2D eigenvalue weighted by Crippen LogP contribution is -2.42. The predicted molar refractivity (Wildman–Crippen MR) is 69.6 cm³/mol. The number of hydrogen-bond donors (Lipinski definition) is 0. The van der Waals surface area contributed by atoms with Gasteiger partial charge < -0.3 is 4.90 Å². The highest BCUT2D eigenvalue weighted by atomic mass is 19.2. The number of nitrogens with zero attached hydrogens (tertiary/aromatic N) is 2. The summed E-state index contributed by atoms with van der Waals surface area (Å²) in [5.41, 5.74) is -0.315. The van der Waals surface area contributed by atoms with E-state index >= 15 is 0 Å². The molecule has 0 saturated carbocycles. The molecule has 20 heavy (non-hydrogen) atoms. The van der Waals surface area contributed by atoms with Crippen LogP contribution >= 0.6 is 0 Å². The van der Waals surface area contributed by atoms with Crippen LogP contribution in [0.5, 0.6) is 0 Å². The predicted octanol–water partition coefficient (Wildman–Crippen LogP) is 2.66. The second kappa shape index (κ2) is 5.58. The summed E-state index contributed by atoms with van der Waals surface area (Å²) in [7, 11) is 0. The Hall–Kier alpha value is -1.96. The van der Waals surface area contributed by atoms with E-state index < -0.39 is 11.6 Å². The van der Waals surface area contributed by atoms with Crippen molar-refractivity contribution >= 4 is 5.91 Å². The summed E-state index contributed by atoms with van der Waals surface area (Å²) >= 11 is 0. The van der Waals surface area contributed by atoms with Gasteiger partial charge in [-0.3, -0.25) is 4.79 Å². The van der Waals surface area contributed by atoms with Crippen LogP contribution in [0.1, 0.15) is 25.3 Å². The topological polar surface area (TPSA) is 44.1 Å². The van der Waals surface area contributed by atoms with Crippen molar-refractivity contribution in [2.24, 2.45) is 5.41 Å². The fourth-order valence-corrected chi connectivity index (χ4v) is 2.32. The summed E-state index contributed by atoms with van der Waals surface area (Å²) in [4.78, 5) is 13.7. The van der Waals surface area contributed by atoms with E-state index in [9.17, 15) is 13.6 Å². The first-order valence-electron chi connectivity index (χ1n) is 6.57. The van der Waals surface area contributed by atoms with Gasteiger partial charge in [-0.05, 0) is 25.8 Å². The SMILES string of the molecule is CC1(C#N)CCN(C(=O)Cc2cccc(F)c2F)CC1. The zero-order chi connectivity index (χ0) is 14.8. The van der Waals surface area contributed by atoms with Gasteiger partial charge in [0.1, 0.15) is 0 Å². The first-order valence-corrected chi connectivity index (χ1v) is 6.57. The zero-order valence-electron chi connectivity index (χ0n) is 11.3. The molecule has 0 aliphatic carbocycles. The minimum absolute atomic E-state index is 0.0728. The van der Waals surface area contributed by atoms with Gasteiger partial charge in [0.15, 0.2) is 11.6 Å². The number of benzene rings is 1. The number of nitriles is 1. The molecule has 106 valence electrons. The van der Waals surface area contributed by atoms with Gasteiger partial charge in [0.05, 0.1) is 17.9 Å². The Morgan fingerprint density at radius 1 is 1.40 bits per heavy atom. The maximum absolute atomic E-state index is 13.5. The van der Waals surface area contributed by atoms with Crippen LogP contribution in [0.4, 0.5) is 8.78 Å². The van der Waals surface area contributed by atoms with E-state index in [0.717, 1.165) is 6.07 Å². The third kappa shape index (κ3) is 2.96. The summed E-state index contributed by atoms with van der Waals surface area (Å²) in [5, 5.41) is 9.03. The van der Waals surface area contributed by atoms with Gasteiger partial charge in [0.2, 0.25) is 5.91 Å². The number of piperidine rings is 1. The molecule has 0 bridgehead atoms. The van der Waals surface area contributed by atoms with Crippen LogP contribution in [0.25, 0.3) is 0 Å². The normalized spacial score (nSPS) is 17.6. The van der Waals surface area contributed by atoms with Crippen molar-refractivity contribution in [2.45, 2.75) is 26.2 Å². The number of likely N-dealkylation sites (tertiary alicyclic amines) is 1. The number of carbonyl (C=O) groups is 1. The molecule has 3 nitrogen and oxygen atoms in total. The molecule has 1 saturated heterocycles. The quantitative estimate of drug-likeness (QED) is 0.834. The number of rotatable bonds is 2. The first-order chi connectivity index (χ1) is 9.45. The van der Waals surface area contributed by atoms with Crippen LogP contribution in [0.15, 0.2) is 18.2 Å². The highest BCUT2D eigenvalue weighted by molar-refractivity contribution is 5.79. The van der Waals surface area contributed by atoms with Crippen LogP contribution in [-0.4, -0.2) is 23.9 Å². The molecule has 0 N–H and O–H groups in total. The minimum Gasteiger partial charge on any atom is -0.342 e. The average Bonchev–Trinajstić information content (AvgIpc) is 2.44. The summed E-state index contributed by atoms with van der Waals surface area (Å²) in [6, 6.07) is 6.10. The van der Waals surface area contributed by atoms with Crippen molar-refractivity contribution < 1.29 is 13.6 Å². The van der Waals surface area contributed by atoms with Gasteiger partial charge in [-0.15, -0.1) is 0 Å². The molecule has 1 fully saturated rings. The summed E-state index contributed by atoms with van der Waals surface area (Å²) in [6.45, 7) is 2.85. The highest BCUT2D eigenvalue weighted by Gasteiger charge is 2.31. The summed E-state index contributed by atoms with van der Waals surface area (Å²) < 4.78 is 26.6. The van der Waals surface area contributed by atoms with Crippen LogP contribution < -0.4 is 0 Å². The number of halogens is 2. The van der Waals surface area contributed by atoms with E-state index in [-0.39, 0.29) is 23.3 Å². The van der Waals surface area contributed by atoms with E-state index in [1.165, 1.54) is 12.1 Å². The van der Waals surface area contributed by atoms with Crippen LogP contribution in [0, 0.1) is 28.4 Å². The number of hydrogen-bond acceptors (Lipinski definition) is 2. The smallest absolute Gasteiger partial charge is 0.227 e. The Morgan fingerprint density at radius 2 is 2.05 bits per heavy atom. The van der Waals surface area contributed by atoms with Crippen molar-refractivity contribution in [1.82, 2.24) is 4.90 Å². The molecule has 2 rings (SSSR count). The molecular formula is C15H16F2N2O. The zero-order valence-corrected chi connectivity index (χ0v) is 11.3. The van der Waals surface area contributed by atoms with Crippen molar-refractivity contribution in [3.63, 3.8) is 0 Å². The Balaban J connectivity index is 2.00. The lowest BCUT2D eigenvalue weighted by atomic mass is 9.82. The highest BCUT2D eigenvalue weighted by Crippen LogP contribution is 2.30. The molecule has 0 spiro atoms. The van der Waals surface area contributed by atoms with E-state index in [0.29, 0.717) is 25.9 Å². The van der Waals surface area contributed by atoms with Gasteiger partial charge in [-0.1, -0.05) is 12.1 Å². The molecule has 1 aliphatic heterocycles. The van der Waals surface area contributed by atoms with Gasteiger partial charge in [-0.2, -0.15) is 5.26 Å². The fourth-order valence-electron chi connectivity index (χ4n) is 2.32. The Morgan fingerprint density at radius 3 is 2.65 bits per heavy atom. The van der Waals surface area contributed by atoms with Crippen molar-refractivity contribution in [2.75, 3.05) is 13.1 Å². The second-order valence-electron chi connectivity index (χ2n) is 5.44. The molecule has 5 heteroatoms. The van der Waals surface area contributed by atoms with E-state index in [1.54, 1.807) is 4.90 Å². The van der Waals surface area contributed by atoms with Crippen LogP contribution in [0.3, 0.4) is 0 Å². The molecule has 1 heterocycles. The first kappa shape index (κ1) is 14.4. The third-order valence-corrected chi connectivity index (χ3v) is 3.86. The third-order valence-electron chi connectivity index (χ3n) is 3.86. The van der Waals surface area contributed by atoms with E-state index in [1.807, 2.05) is 6.92 Å². The molecule has 0 aromatic heterocycles. The number of carbonyl (C=O) groups excluding carboxylic acids is 1. The largest absolute Gasteiger partial charge is 0.342 e. The maximum atomic E-state index is 13.5. The molecule has 1 amide bonds. The van der Waals surface area contributed by atoms with Gasteiger partial charge >= 0.3 is 0 Å². The van der Waals surface area contributed by atoms with Gasteiger partial charge in [-0.25, -0.2) is 8.78 Å². The molecule has 1 aromatic carbocycles. The fraction of sp³-hybridized carbons (Fsp3) is 0.467. The Kier molecular flexibility index (Phi) is 4.03. The van der Waals surface area contributed by atoms with E-state index in [2.05, 4.69) is 6.07 Å². The summed E-state index contributed by atoms with van der Waals surface area (Å²) in [5.74, 6) is -2.12. The second-order valence-corrected chi connectivity index (χ2v) is 5.44. The lowest BCUT2D eigenvalue weighted by molar-refractivity contribution is -0.132. The van der Waals surface area contributed by atoms with E-state index in [4.69, 9.17) is 5.26 Å². The minimum atomic E-state index is -0.959. The van der Waals surface area contributed by atoms with Gasteiger partial charge in [0.25, 0.3) is 0 Å². The molecule has 0 radical (unpaired) electrons. The van der Waals surface area contributed by atoms with Crippen molar-refractivity contribution in [3.05, 3.63) is 35.4 Å². The summed E-state index contributed by atoms with van der Waals surface area (Å²) in [6.07, 6.45) is 1.08. The maximum Gasteiger partial charge on any atom is 0.227 e. The Bertz CT molecular complexity index is 557. The lowest BCUT2D eigenvalue weighted by Gasteiger charge is -2.35. The molecule has 0 unspecified atom stereocenters. The average molecular weight is 278 g/mol.